The average molecular weight is 251 g/mol. The zero-order chi connectivity index (χ0) is 9.97. The largest absolute Gasteiger partial charge is 0.303 e. The van der Waals surface area contributed by atoms with Gasteiger partial charge < -0.3 is 4.57 Å². The summed E-state index contributed by atoms with van der Waals surface area (Å²) in [6, 6.07) is 8.22. The van der Waals surface area contributed by atoms with Gasteiger partial charge in [0, 0.05) is 22.1 Å². The fraction of sp³-hybridized carbons (Fsp3) is 0.182. The Morgan fingerprint density at radius 2 is 2.00 bits per heavy atom. The highest BCUT2D eigenvalue weighted by atomic mass is 79.9. The van der Waals surface area contributed by atoms with Crippen LogP contribution in [0.4, 0.5) is 0 Å². The maximum atomic E-state index is 4.14. The van der Waals surface area contributed by atoms with Crippen molar-refractivity contribution in [3.8, 4) is 5.69 Å². The van der Waals surface area contributed by atoms with E-state index in [9.17, 15) is 0 Å². The summed E-state index contributed by atoms with van der Waals surface area (Å²) in [6.45, 7) is 2.13. The van der Waals surface area contributed by atoms with E-state index >= 15 is 0 Å². The summed E-state index contributed by atoms with van der Waals surface area (Å²) in [5.41, 5.74) is 2.38. The molecular formula is C11H11BrN2. The highest BCUT2D eigenvalue weighted by Gasteiger charge is 2.01. The van der Waals surface area contributed by atoms with Gasteiger partial charge >= 0.3 is 0 Å². The Morgan fingerprint density at radius 1 is 1.29 bits per heavy atom. The topological polar surface area (TPSA) is 17.8 Å². The highest BCUT2D eigenvalue weighted by molar-refractivity contribution is 9.10. The van der Waals surface area contributed by atoms with E-state index in [4.69, 9.17) is 0 Å². The number of benzene rings is 1. The molecule has 0 aliphatic rings. The van der Waals surface area contributed by atoms with Crippen molar-refractivity contribution in [1.82, 2.24) is 9.55 Å². The SMILES string of the molecule is CCc1cncn1-c1ccc(Br)cc1. The molecule has 1 aromatic heterocycles. The Hall–Kier alpha value is -1.09. The molecule has 0 saturated carbocycles. The molecule has 0 bridgehead atoms. The van der Waals surface area contributed by atoms with E-state index in [0.29, 0.717) is 0 Å². The van der Waals surface area contributed by atoms with E-state index in [1.165, 1.54) is 5.69 Å². The standard InChI is InChI=1S/C11H11BrN2/c1-2-10-7-13-8-14(10)11-5-3-9(12)4-6-11/h3-8H,2H2,1H3. The summed E-state index contributed by atoms with van der Waals surface area (Å²) in [6.07, 6.45) is 4.75. The van der Waals surface area contributed by atoms with Gasteiger partial charge in [-0.3, -0.25) is 0 Å². The van der Waals surface area contributed by atoms with Gasteiger partial charge in [-0.15, -0.1) is 0 Å². The molecule has 72 valence electrons. The maximum absolute atomic E-state index is 4.14. The molecule has 0 spiro atoms. The van der Waals surface area contributed by atoms with Gasteiger partial charge in [-0.05, 0) is 30.7 Å². The van der Waals surface area contributed by atoms with E-state index in [-0.39, 0.29) is 0 Å². The van der Waals surface area contributed by atoms with Gasteiger partial charge in [0.2, 0.25) is 0 Å². The van der Waals surface area contributed by atoms with E-state index in [0.717, 1.165) is 16.6 Å². The third-order valence-corrected chi connectivity index (χ3v) is 2.71. The van der Waals surface area contributed by atoms with Crippen molar-refractivity contribution in [3.05, 3.63) is 47.0 Å². The van der Waals surface area contributed by atoms with Crippen LogP contribution in [0.25, 0.3) is 5.69 Å². The lowest BCUT2D eigenvalue weighted by Gasteiger charge is -2.05. The molecule has 1 aromatic carbocycles. The molecule has 14 heavy (non-hydrogen) atoms. The van der Waals surface area contributed by atoms with E-state index < -0.39 is 0 Å². The molecule has 0 saturated heterocycles. The zero-order valence-corrected chi connectivity index (χ0v) is 9.53. The highest BCUT2D eigenvalue weighted by Crippen LogP contribution is 2.15. The number of imidazole rings is 1. The van der Waals surface area contributed by atoms with Crippen molar-refractivity contribution in [2.45, 2.75) is 13.3 Å². The fourth-order valence-electron chi connectivity index (χ4n) is 1.42. The van der Waals surface area contributed by atoms with Crippen LogP contribution < -0.4 is 0 Å². The molecule has 0 N–H and O–H groups in total. The van der Waals surface area contributed by atoms with E-state index in [1.807, 2.05) is 24.7 Å². The van der Waals surface area contributed by atoms with E-state index in [2.05, 4.69) is 44.5 Å². The average Bonchev–Trinajstić information content (AvgIpc) is 2.67. The minimum absolute atomic E-state index is 0.996. The third kappa shape index (κ3) is 1.73. The number of aromatic nitrogens is 2. The number of hydrogen-bond donors (Lipinski definition) is 0. The van der Waals surface area contributed by atoms with Crippen molar-refractivity contribution >= 4 is 15.9 Å². The van der Waals surface area contributed by atoms with Crippen LogP contribution in [-0.4, -0.2) is 9.55 Å². The summed E-state index contributed by atoms with van der Waals surface area (Å²) < 4.78 is 3.20. The van der Waals surface area contributed by atoms with Gasteiger partial charge in [0.15, 0.2) is 0 Å². The van der Waals surface area contributed by atoms with Crippen LogP contribution >= 0.6 is 15.9 Å². The Morgan fingerprint density at radius 3 is 2.64 bits per heavy atom. The van der Waals surface area contributed by atoms with Crippen LogP contribution in [0.15, 0.2) is 41.3 Å². The molecule has 2 rings (SSSR count). The summed E-state index contributed by atoms with van der Waals surface area (Å²) >= 11 is 3.42. The number of nitrogens with zero attached hydrogens (tertiary/aromatic N) is 2. The number of halogens is 1. The summed E-state index contributed by atoms with van der Waals surface area (Å²) in [5.74, 6) is 0. The number of hydrogen-bond acceptors (Lipinski definition) is 1. The summed E-state index contributed by atoms with van der Waals surface area (Å²) in [5, 5.41) is 0. The second-order valence-corrected chi connectivity index (χ2v) is 4.00. The lowest BCUT2D eigenvalue weighted by atomic mass is 10.3. The molecule has 2 aromatic rings. The van der Waals surface area contributed by atoms with Crippen molar-refractivity contribution in [2.24, 2.45) is 0 Å². The van der Waals surface area contributed by atoms with Gasteiger partial charge in [-0.1, -0.05) is 22.9 Å². The predicted octanol–water partition coefficient (Wildman–Crippen LogP) is 3.20. The molecule has 0 fully saturated rings. The minimum atomic E-state index is 0.996. The number of rotatable bonds is 2. The Labute approximate surface area is 91.7 Å². The molecule has 0 amide bonds. The Kier molecular flexibility index (Phi) is 2.68. The third-order valence-electron chi connectivity index (χ3n) is 2.18. The van der Waals surface area contributed by atoms with Crippen LogP contribution in [0.3, 0.4) is 0 Å². The smallest absolute Gasteiger partial charge is 0.0994 e. The quantitative estimate of drug-likeness (QED) is 0.801. The summed E-state index contributed by atoms with van der Waals surface area (Å²) in [7, 11) is 0. The Bertz CT molecular complexity index is 417. The molecular weight excluding hydrogens is 240 g/mol. The van der Waals surface area contributed by atoms with Crippen LogP contribution in [0.5, 0.6) is 0 Å². The van der Waals surface area contributed by atoms with Crippen molar-refractivity contribution in [2.75, 3.05) is 0 Å². The van der Waals surface area contributed by atoms with Gasteiger partial charge in [-0.25, -0.2) is 4.98 Å². The van der Waals surface area contributed by atoms with Crippen LogP contribution in [0, 0.1) is 0 Å². The second-order valence-electron chi connectivity index (χ2n) is 3.08. The van der Waals surface area contributed by atoms with E-state index in [1.54, 1.807) is 0 Å². The molecule has 0 aliphatic carbocycles. The van der Waals surface area contributed by atoms with Gasteiger partial charge in [0.1, 0.15) is 0 Å². The van der Waals surface area contributed by atoms with Crippen molar-refractivity contribution < 1.29 is 0 Å². The second kappa shape index (κ2) is 3.96. The van der Waals surface area contributed by atoms with Gasteiger partial charge in [0.05, 0.1) is 6.33 Å². The minimum Gasteiger partial charge on any atom is -0.303 e. The first-order chi connectivity index (χ1) is 6.81. The zero-order valence-electron chi connectivity index (χ0n) is 7.94. The molecule has 0 unspecified atom stereocenters. The maximum Gasteiger partial charge on any atom is 0.0994 e. The Balaban J connectivity index is 2.44. The van der Waals surface area contributed by atoms with Crippen LogP contribution in [0.2, 0.25) is 0 Å². The first-order valence-corrected chi connectivity index (χ1v) is 5.37. The lowest BCUT2D eigenvalue weighted by molar-refractivity contribution is 0.934. The fourth-order valence-corrected chi connectivity index (χ4v) is 1.68. The molecule has 0 radical (unpaired) electrons. The molecule has 3 heteroatoms. The first-order valence-electron chi connectivity index (χ1n) is 4.58. The predicted molar refractivity (Wildman–Crippen MR) is 60.6 cm³/mol. The first kappa shape index (κ1) is 9.46. The monoisotopic (exact) mass is 250 g/mol. The van der Waals surface area contributed by atoms with Crippen molar-refractivity contribution in [3.63, 3.8) is 0 Å². The number of aryl methyl sites for hydroxylation is 1. The molecule has 0 aliphatic heterocycles. The lowest BCUT2D eigenvalue weighted by Crippen LogP contribution is -1.96. The van der Waals surface area contributed by atoms with Gasteiger partial charge in [-0.2, -0.15) is 0 Å². The van der Waals surface area contributed by atoms with Crippen LogP contribution in [0.1, 0.15) is 12.6 Å². The van der Waals surface area contributed by atoms with Crippen LogP contribution in [-0.2, 0) is 6.42 Å². The van der Waals surface area contributed by atoms with Crippen molar-refractivity contribution in [1.29, 1.82) is 0 Å². The summed E-state index contributed by atoms with van der Waals surface area (Å²) in [4.78, 5) is 4.14. The normalized spacial score (nSPS) is 10.4. The molecule has 2 nitrogen and oxygen atoms in total. The molecule has 1 heterocycles. The van der Waals surface area contributed by atoms with Gasteiger partial charge in [0.25, 0.3) is 0 Å². The molecule has 0 atom stereocenters.